The second-order valence-electron chi connectivity index (χ2n) is 2.93. The summed E-state index contributed by atoms with van der Waals surface area (Å²) in [5.74, 6) is 0.618. The molecule has 0 fully saturated rings. The van der Waals surface area contributed by atoms with Crippen LogP contribution < -0.4 is 10.6 Å². The van der Waals surface area contributed by atoms with E-state index in [0.717, 1.165) is 19.5 Å². The van der Waals surface area contributed by atoms with E-state index in [2.05, 4.69) is 17.6 Å². The first-order valence-corrected chi connectivity index (χ1v) is 4.06. The number of carbonyl (C=O) groups excluding carboxylic acids is 1. The lowest BCUT2D eigenvalue weighted by molar-refractivity contribution is -0.119. The smallest absolute Gasteiger partial charge is 0.216 e. The van der Waals surface area contributed by atoms with Gasteiger partial charge in [0.2, 0.25) is 5.91 Å². The molecule has 11 heavy (non-hydrogen) atoms. The van der Waals surface area contributed by atoms with Crippen LogP contribution in [0.15, 0.2) is 0 Å². The summed E-state index contributed by atoms with van der Waals surface area (Å²) in [7, 11) is 1.94. The molecule has 0 heterocycles. The Morgan fingerprint density at radius 1 is 1.55 bits per heavy atom. The van der Waals surface area contributed by atoms with Crippen molar-refractivity contribution in [2.75, 3.05) is 20.1 Å². The fourth-order valence-corrected chi connectivity index (χ4v) is 0.811. The Bertz CT molecular complexity index is 115. The van der Waals surface area contributed by atoms with E-state index in [1.54, 1.807) is 6.92 Å². The zero-order valence-electron chi connectivity index (χ0n) is 7.61. The summed E-state index contributed by atoms with van der Waals surface area (Å²) >= 11 is 0. The summed E-state index contributed by atoms with van der Waals surface area (Å²) in [4.78, 5) is 10.5. The molecule has 0 spiro atoms. The van der Waals surface area contributed by atoms with Crippen LogP contribution in [0.4, 0.5) is 0 Å². The molecule has 66 valence electrons. The van der Waals surface area contributed by atoms with Crippen LogP contribution >= 0.6 is 0 Å². The summed E-state index contributed by atoms with van der Waals surface area (Å²) < 4.78 is 0. The minimum atomic E-state index is 0.0568. The van der Waals surface area contributed by atoms with Gasteiger partial charge in [-0.15, -0.1) is 0 Å². The predicted molar refractivity (Wildman–Crippen MR) is 46.4 cm³/mol. The molecule has 0 aromatic rings. The summed E-state index contributed by atoms with van der Waals surface area (Å²) in [6, 6.07) is 0. The third kappa shape index (κ3) is 7.33. The number of hydrogen-bond donors (Lipinski definition) is 2. The maximum Gasteiger partial charge on any atom is 0.216 e. The largest absolute Gasteiger partial charge is 0.356 e. The molecule has 0 aliphatic rings. The van der Waals surface area contributed by atoms with E-state index in [1.807, 2.05) is 7.05 Å². The van der Waals surface area contributed by atoms with Gasteiger partial charge < -0.3 is 10.6 Å². The van der Waals surface area contributed by atoms with Crippen LogP contribution in [0.5, 0.6) is 0 Å². The lowest BCUT2D eigenvalue weighted by Crippen LogP contribution is -2.27. The molecule has 0 bridgehead atoms. The molecule has 0 aromatic heterocycles. The topological polar surface area (TPSA) is 41.1 Å². The van der Waals surface area contributed by atoms with Gasteiger partial charge in [-0.1, -0.05) is 6.92 Å². The van der Waals surface area contributed by atoms with Crippen molar-refractivity contribution in [2.24, 2.45) is 5.92 Å². The third-order valence-electron chi connectivity index (χ3n) is 1.59. The van der Waals surface area contributed by atoms with Crippen molar-refractivity contribution >= 4 is 5.91 Å². The van der Waals surface area contributed by atoms with Crippen molar-refractivity contribution in [3.05, 3.63) is 0 Å². The Labute approximate surface area is 68.6 Å². The Kier molecular flexibility index (Phi) is 5.84. The molecule has 2 N–H and O–H groups in total. The molecule has 1 unspecified atom stereocenters. The zero-order chi connectivity index (χ0) is 8.69. The lowest BCUT2D eigenvalue weighted by Gasteiger charge is -2.10. The molecule has 0 aliphatic carbocycles. The van der Waals surface area contributed by atoms with E-state index in [0.29, 0.717) is 5.92 Å². The highest BCUT2D eigenvalue weighted by Crippen LogP contribution is 1.97. The van der Waals surface area contributed by atoms with Crippen molar-refractivity contribution in [1.82, 2.24) is 10.6 Å². The summed E-state index contributed by atoms with van der Waals surface area (Å²) in [5.41, 5.74) is 0. The highest BCUT2D eigenvalue weighted by Gasteiger charge is 2.00. The number of hydrogen-bond acceptors (Lipinski definition) is 2. The number of rotatable bonds is 5. The Balaban J connectivity index is 3.22. The standard InChI is InChI=1S/C8H18N2O/c1-7(4-5-9-3)6-10-8(2)11/h7,9H,4-6H2,1-3H3,(H,10,11). The van der Waals surface area contributed by atoms with E-state index in [1.165, 1.54) is 0 Å². The van der Waals surface area contributed by atoms with Gasteiger partial charge in [-0.25, -0.2) is 0 Å². The van der Waals surface area contributed by atoms with Crippen molar-refractivity contribution in [3.8, 4) is 0 Å². The maximum atomic E-state index is 10.5. The molecule has 3 nitrogen and oxygen atoms in total. The minimum absolute atomic E-state index is 0.0568. The molecule has 0 aliphatic heterocycles. The lowest BCUT2D eigenvalue weighted by atomic mass is 10.1. The van der Waals surface area contributed by atoms with Gasteiger partial charge in [-0.05, 0) is 25.9 Å². The fraction of sp³-hybridized carbons (Fsp3) is 0.875. The molecular weight excluding hydrogens is 140 g/mol. The molecule has 0 radical (unpaired) electrons. The molecule has 3 heteroatoms. The number of nitrogens with one attached hydrogen (secondary N) is 2. The number of amides is 1. The average Bonchev–Trinajstić information content (AvgIpc) is 1.97. The first-order chi connectivity index (χ1) is 5.16. The van der Waals surface area contributed by atoms with E-state index in [4.69, 9.17) is 0 Å². The van der Waals surface area contributed by atoms with Crippen LogP contribution in [0, 0.1) is 5.92 Å². The van der Waals surface area contributed by atoms with Crippen LogP contribution in [0.3, 0.4) is 0 Å². The van der Waals surface area contributed by atoms with Crippen molar-refractivity contribution < 1.29 is 4.79 Å². The second-order valence-corrected chi connectivity index (χ2v) is 2.93. The normalized spacial score (nSPS) is 12.6. The van der Waals surface area contributed by atoms with E-state index in [9.17, 15) is 4.79 Å². The monoisotopic (exact) mass is 158 g/mol. The quantitative estimate of drug-likeness (QED) is 0.607. The Morgan fingerprint density at radius 2 is 2.18 bits per heavy atom. The van der Waals surface area contributed by atoms with Gasteiger partial charge in [0.25, 0.3) is 0 Å². The summed E-state index contributed by atoms with van der Waals surface area (Å²) in [5, 5.41) is 5.86. The molecular formula is C8H18N2O. The highest BCUT2D eigenvalue weighted by atomic mass is 16.1. The van der Waals surface area contributed by atoms with Gasteiger partial charge in [0, 0.05) is 13.5 Å². The van der Waals surface area contributed by atoms with Crippen LogP contribution in [0.25, 0.3) is 0 Å². The second kappa shape index (κ2) is 6.16. The van der Waals surface area contributed by atoms with E-state index < -0.39 is 0 Å². The van der Waals surface area contributed by atoms with Gasteiger partial charge in [0.1, 0.15) is 0 Å². The molecule has 0 rings (SSSR count). The summed E-state index contributed by atoms with van der Waals surface area (Å²) in [6.45, 7) is 5.48. The Morgan fingerprint density at radius 3 is 2.64 bits per heavy atom. The van der Waals surface area contributed by atoms with Crippen molar-refractivity contribution in [2.45, 2.75) is 20.3 Å². The minimum Gasteiger partial charge on any atom is -0.356 e. The number of carbonyl (C=O) groups is 1. The van der Waals surface area contributed by atoms with E-state index >= 15 is 0 Å². The van der Waals surface area contributed by atoms with Gasteiger partial charge in [0.05, 0.1) is 0 Å². The molecule has 0 saturated carbocycles. The highest BCUT2D eigenvalue weighted by molar-refractivity contribution is 5.72. The average molecular weight is 158 g/mol. The SMILES string of the molecule is CNCCC(C)CNC(C)=O. The Hall–Kier alpha value is -0.570. The first-order valence-electron chi connectivity index (χ1n) is 4.06. The molecule has 0 saturated heterocycles. The molecule has 0 aromatic carbocycles. The zero-order valence-corrected chi connectivity index (χ0v) is 7.61. The van der Waals surface area contributed by atoms with Crippen LogP contribution in [-0.4, -0.2) is 26.0 Å². The predicted octanol–water partition coefficient (Wildman–Crippen LogP) is 0.368. The van der Waals surface area contributed by atoms with Crippen LogP contribution in [0.2, 0.25) is 0 Å². The van der Waals surface area contributed by atoms with E-state index in [-0.39, 0.29) is 5.91 Å². The van der Waals surface area contributed by atoms with Crippen LogP contribution in [0.1, 0.15) is 20.3 Å². The maximum absolute atomic E-state index is 10.5. The fourth-order valence-electron chi connectivity index (χ4n) is 0.811. The summed E-state index contributed by atoms with van der Waals surface area (Å²) in [6.07, 6.45) is 1.11. The molecule has 1 amide bonds. The van der Waals surface area contributed by atoms with Gasteiger partial charge in [-0.2, -0.15) is 0 Å². The van der Waals surface area contributed by atoms with Gasteiger partial charge >= 0.3 is 0 Å². The third-order valence-corrected chi connectivity index (χ3v) is 1.59. The van der Waals surface area contributed by atoms with Gasteiger partial charge in [0.15, 0.2) is 0 Å². The first kappa shape index (κ1) is 10.4. The van der Waals surface area contributed by atoms with Gasteiger partial charge in [-0.3, -0.25) is 4.79 Å². The van der Waals surface area contributed by atoms with Crippen molar-refractivity contribution in [3.63, 3.8) is 0 Å². The molecule has 1 atom stereocenters. The van der Waals surface area contributed by atoms with Crippen molar-refractivity contribution in [1.29, 1.82) is 0 Å². The van der Waals surface area contributed by atoms with Crippen LogP contribution in [-0.2, 0) is 4.79 Å².